The number of hydrogen-bond acceptors (Lipinski definition) is 5. The zero-order valence-electron chi connectivity index (χ0n) is 18.3. The SMILES string of the molecule is COC(=O)C(Sc1c(Cl)ccc2c1CCN(C(=O)OC(C)(C)C)CC2)c1ccccc1. The first-order chi connectivity index (χ1) is 14.7. The molecule has 1 aliphatic rings. The summed E-state index contributed by atoms with van der Waals surface area (Å²) in [5, 5.41) is 0.0692. The van der Waals surface area contributed by atoms with Crippen molar-refractivity contribution in [2.24, 2.45) is 0 Å². The van der Waals surface area contributed by atoms with Crippen molar-refractivity contribution >= 4 is 35.4 Å². The van der Waals surface area contributed by atoms with E-state index in [0.29, 0.717) is 31.0 Å². The third kappa shape index (κ3) is 5.95. The van der Waals surface area contributed by atoms with E-state index >= 15 is 0 Å². The van der Waals surface area contributed by atoms with Crippen LogP contribution in [-0.2, 0) is 27.1 Å². The predicted molar refractivity (Wildman–Crippen MR) is 124 cm³/mol. The number of nitrogens with zero attached hydrogens (tertiary/aromatic N) is 1. The topological polar surface area (TPSA) is 55.8 Å². The van der Waals surface area contributed by atoms with Crippen LogP contribution in [0.3, 0.4) is 0 Å². The highest BCUT2D eigenvalue weighted by Gasteiger charge is 2.29. The van der Waals surface area contributed by atoms with Crippen molar-refractivity contribution in [2.45, 2.75) is 49.4 Å². The van der Waals surface area contributed by atoms with Crippen LogP contribution in [0, 0.1) is 0 Å². The number of hydrogen-bond donors (Lipinski definition) is 0. The van der Waals surface area contributed by atoms with Crippen LogP contribution < -0.4 is 0 Å². The average molecular weight is 462 g/mol. The van der Waals surface area contributed by atoms with Gasteiger partial charge in [0, 0.05) is 18.0 Å². The summed E-state index contributed by atoms with van der Waals surface area (Å²) in [6.45, 7) is 6.70. The summed E-state index contributed by atoms with van der Waals surface area (Å²) in [7, 11) is 1.39. The van der Waals surface area contributed by atoms with E-state index in [4.69, 9.17) is 21.1 Å². The van der Waals surface area contributed by atoms with Crippen LogP contribution in [0.15, 0.2) is 47.4 Å². The van der Waals surface area contributed by atoms with Gasteiger partial charge in [0.15, 0.2) is 0 Å². The van der Waals surface area contributed by atoms with Crippen molar-refractivity contribution in [1.82, 2.24) is 4.90 Å². The van der Waals surface area contributed by atoms with Crippen LogP contribution in [0.4, 0.5) is 4.79 Å². The average Bonchev–Trinajstić information content (AvgIpc) is 2.95. The fraction of sp³-hybridized carbons (Fsp3) is 0.417. The number of carbonyl (C=O) groups excluding carboxylic acids is 2. The van der Waals surface area contributed by atoms with Crippen LogP contribution in [0.25, 0.3) is 0 Å². The molecule has 0 aliphatic carbocycles. The maximum atomic E-state index is 12.6. The van der Waals surface area contributed by atoms with Crippen LogP contribution in [0.5, 0.6) is 0 Å². The van der Waals surface area contributed by atoms with E-state index in [1.807, 2.05) is 63.2 Å². The molecule has 0 saturated carbocycles. The Balaban J connectivity index is 1.88. The van der Waals surface area contributed by atoms with Gasteiger partial charge in [0.1, 0.15) is 10.9 Å². The molecule has 1 amide bonds. The molecule has 1 aliphatic heterocycles. The summed E-state index contributed by atoms with van der Waals surface area (Å²) in [5.74, 6) is -0.325. The van der Waals surface area contributed by atoms with Gasteiger partial charge in [-0.25, -0.2) is 4.79 Å². The summed E-state index contributed by atoms with van der Waals surface area (Å²) in [6, 6.07) is 13.4. The molecule has 0 N–H and O–H groups in total. The first-order valence-electron chi connectivity index (χ1n) is 10.3. The van der Waals surface area contributed by atoms with Crippen molar-refractivity contribution in [3.8, 4) is 0 Å². The Hall–Kier alpha value is -2.18. The quantitative estimate of drug-likeness (QED) is 0.433. The van der Waals surface area contributed by atoms with E-state index in [1.165, 1.54) is 18.9 Å². The Labute approximate surface area is 193 Å². The summed E-state index contributed by atoms with van der Waals surface area (Å²) >= 11 is 8.01. The van der Waals surface area contributed by atoms with Crippen molar-refractivity contribution < 1.29 is 19.1 Å². The van der Waals surface area contributed by atoms with Crippen LogP contribution in [-0.4, -0.2) is 42.8 Å². The fourth-order valence-corrected chi connectivity index (χ4v) is 5.09. The highest BCUT2D eigenvalue weighted by atomic mass is 35.5. The van der Waals surface area contributed by atoms with Crippen molar-refractivity contribution in [1.29, 1.82) is 0 Å². The van der Waals surface area contributed by atoms with Gasteiger partial charge in [-0.15, -0.1) is 11.8 Å². The second kappa shape index (κ2) is 9.96. The standard InChI is InChI=1S/C24H28ClNO4S/c1-24(2,3)30-23(28)26-14-12-16-10-11-19(25)21(18(16)13-15-26)31-20(22(27)29-4)17-8-6-5-7-9-17/h5-11,20H,12-15H2,1-4H3. The number of carbonyl (C=O) groups is 2. The maximum absolute atomic E-state index is 12.6. The Morgan fingerprint density at radius 2 is 1.74 bits per heavy atom. The molecule has 5 nitrogen and oxygen atoms in total. The van der Waals surface area contributed by atoms with Gasteiger partial charge in [-0.2, -0.15) is 0 Å². The molecule has 1 heterocycles. The second-order valence-corrected chi connectivity index (χ2v) is 9.94. The van der Waals surface area contributed by atoms with Crippen LogP contribution >= 0.6 is 23.4 Å². The molecule has 1 atom stereocenters. The molecule has 0 aromatic heterocycles. The third-order valence-electron chi connectivity index (χ3n) is 5.00. The smallest absolute Gasteiger partial charge is 0.410 e. The Morgan fingerprint density at radius 1 is 1.06 bits per heavy atom. The fourth-order valence-electron chi connectivity index (χ4n) is 3.50. The number of ether oxygens (including phenoxy) is 2. The highest BCUT2D eigenvalue weighted by molar-refractivity contribution is 8.00. The van der Waals surface area contributed by atoms with Gasteiger partial charge < -0.3 is 14.4 Å². The van der Waals surface area contributed by atoms with Crippen molar-refractivity contribution in [2.75, 3.05) is 20.2 Å². The maximum Gasteiger partial charge on any atom is 0.410 e. The lowest BCUT2D eigenvalue weighted by Crippen LogP contribution is -2.38. The number of methoxy groups -OCH3 is 1. The van der Waals surface area contributed by atoms with E-state index in [-0.39, 0.29) is 12.1 Å². The molecule has 0 saturated heterocycles. The molecule has 0 radical (unpaired) electrons. The van der Waals surface area contributed by atoms with Gasteiger partial charge >= 0.3 is 12.1 Å². The van der Waals surface area contributed by atoms with Crippen LogP contribution in [0.1, 0.15) is 42.7 Å². The van der Waals surface area contributed by atoms with Gasteiger partial charge in [-0.3, -0.25) is 4.79 Å². The van der Waals surface area contributed by atoms with Gasteiger partial charge in [0.25, 0.3) is 0 Å². The monoisotopic (exact) mass is 461 g/mol. The van der Waals surface area contributed by atoms with Gasteiger partial charge in [-0.1, -0.05) is 48.0 Å². The molecule has 0 spiro atoms. The number of halogens is 1. The number of benzene rings is 2. The number of fused-ring (bicyclic) bond motifs is 1. The third-order valence-corrected chi connectivity index (χ3v) is 6.83. The van der Waals surface area contributed by atoms with E-state index in [0.717, 1.165) is 21.6 Å². The van der Waals surface area contributed by atoms with E-state index in [9.17, 15) is 9.59 Å². The molecule has 2 aromatic carbocycles. The summed E-state index contributed by atoms with van der Waals surface area (Å²) < 4.78 is 10.6. The molecule has 2 aromatic rings. The number of rotatable bonds is 4. The number of amides is 1. The van der Waals surface area contributed by atoms with Gasteiger partial charge in [0.2, 0.25) is 0 Å². The lowest BCUT2D eigenvalue weighted by atomic mass is 10.0. The minimum Gasteiger partial charge on any atom is -0.468 e. The predicted octanol–water partition coefficient (Wildman–Crippen LogP) is 5.68. The summed E-state index contributed by atoms with van der Waals surface area (Å²) in [6.07, 6.45) is 1.03. The molecule has 0 bridgehead atoms. The molecule has 7 heteroatoms. The largest absolute Gasteiger partial charge is 0.468 e. The Bertz CT molecular complexity index is 943. The zero-order chi connectivity index (χ0) is 22.6. The highest BCUT2D eigenvalue weighted by Crippen LogP contribution is 2.43. The number of esters is 1. The summed E-state index contributed by atoms with van der Waals surface area (Å²) in [5.41, 5.74) is 2.53. The van der Waals surface area contributed by atoms with Gasteiger partial charge in [-0.05, 0) is 56.4 Å². The number of thioether (sulfide) groups is 1. The molecular weight excluding hydrogens is 434 g/mol. The molecule has 166 valence electrons. The lowest BCUT2D eigenvalue weighted by Gasteiger charge is -2.26. The molecule has 0 fully saturated rings. The van der Waals surface area contributed by atoms with E-state index in [2.05, 4.69) is 0 Å². The molecule has 3 rings (SSSR count). The summed E-state index contributed by atoms with van der Waals surface area (Å²) in [4.78, 5) is 27.8. The van der Waals surface area contributed by atoms with Crippen molar-refractivity contribution in [3.63, 3.8) is 0 Å². The van der Waals surface area contributed by atoms with Gasteiger partial charge in [0.05, 0.1) is 12.1 Å². The molecule has 31 heavy (non-hydrogen) atoms. The second-order valence-electron chi connectivity index (χ2n) is 8.41. The Kier molecular flexibility index (Phi) is 7.55. The molecule has 1 unspecified atom stereocenters. The molecular formula is C24H28ClNO4S. The minimum atomic E-state index is -0.538. The first-order valence-corrected chi connectivity index (χ1v) is 11.5. The van der Waals surface area contributed by atoms with Crippen LogP contribution in [0.2, 0.25) is 5.02 Å². The Morgan fingerprint density at radius 3 is 2.39 bits per heavy atom. The lowest BCUT2D eigenvalue weighted by molar-refractivity contribution is -0.140. The van der Waals surface area contributed by atoms with Crippen molar-refractivity contribution in [3.05, 3.63) is 64.2 Å². The minimum absolute atomic E-state index is 0.308. The first kappa shape index (κ1) is 23.5. The van der Waals surface area contributed by atoms with E-state index < -0.39 is 10.9 Å². The zero-order valence-corrected chi connectivity index (χ0v) is 19.9. The van der Waals surface area contributed by atoms with E-state index in [1.54, 1.807) is 4.90 Å². The normalized spacial score (nSPS) is 14.9.